The molecule has 0 aliphatic heterocycles. The zero-order valence-corrected chi connectivity index (χ0v) is 12.8. The molecule has 0 aromatic carbocycles. The van der Waals surface area contributed by atoms with E-state index in [1.807, 2.05) is 0 Å². The molecule has 0 atom stereocenters. The average Bonchev–Trinajstić information content (AvgIpc) is 1.84. The molecular weight excluding hydrogens is 222 g/mol. The maximum absolute atomic E-state index is 9.95. The van der Waals surface area contributed by atoms with Crippen LogP contribution in [0, 0.1) is 0 Å². The standard InChI is InChI=1S/C4H4O6.2K/c5-1(3(7)8)2(6)4(9)10;;/h5-6H,(H,7,8)(H,9,10);;/q;2*+1/p-2/b2-1-;;. The first-order chi connectivity index (χ1) is 4.46. The number of carbonyl (C=O) groups is 2. The SMILES string of the molecule is O=C(O)/C([O-])=C(/[O-])C(=O)O.[K+].[K+]. The molecule has 0 fully saturated rings. The van der Waals surface area contributed by atoms with E-state index >= 15 is 0 Å². The van der Waals surface area contributed by atoms with Crippen molar-refractivity contribution in [2.45, 2.75) is 0 Å². The minimum absolute atomic E-state index is 0. The predicted octanol–water partition coefficient (Wildman–Crippen LogP) is -8.90. The molecule has 0 aliphatic rings. The van der Waals surface area contributed by atoms with Crippen molar-refractivity contribution in [3.8, 4) is 0 Å². The summed E-state index contributed by atoms with van der Waals surface area (Å²) < 4.78 is 0. The van der Waals surface area contributed by atoms with Crippen molar-refractivity contribution in [1.82, 2.24) is 0 Å². The molecule has 0 heterocycles. The fraction of sp³-hybridized carbons (Fsp3) is 0. The van der Waals surface area contributed by atoms with Crippen LogP contribution >= 0.6 is 0 Å². The number of hydrogen-bond acceptors (Lipinski definition) is 4. The summed E-state index contributed by atoms with van der Waals surface area (Å²) in [7, 11) is 0. The molecule has 0 bridgehead atoms. The minimum Gasteiger partial charge on any atom is -0.868 e. The van der Waals surface area contributed by atoms with E-state index in [9.17, 15) is 19.8 Å². The van der Waals surface area contributed by atoms with Crippen molar-refractivity contribution in [2.75, 3.05) is 0 Å². The topological polar surface area (TPSA) is 121 Å². The van der Waals surface area contributed by atoms with Crippen LogP contribution in [0.2, 0.25) is 0 Å². The van der Waals surface area contributed by atoms with E-state index in [0.717, 1.165) is 0 Å². The number of aliphatic carboxylic acids is 2. The summed E-state index contributed by atoms with van der Waals surface area (Å²) in [4.78, 5) is 19.2. The Labute approximate surface area is 152 Å². The van der Waals surface area contributed by atoms with Crippen molar-refractivity contribution in [2.24, 2.45) is 0 Å². The van der Waals surface area contributed by atoms with Crippen molar-refractivity contribution in [3.05, 3.63) is 11.5 Å². The summed E-state index contributed by atoms with van der Waals surface area (Å²) >= 11 is 0. The Bertz CT molecular complexity index is 188. The molecular formula is C4H2K2O6. The first-order valence-corrected chi connectivity index (χ1v) is 2.01. The van der Waals surface area contributed by atoms with Gasteiger partial charge in [-0.2, -0.15) is 0 Å². The van der Waals surface area contributed by atoms with Crippen LogP contribution in [0.25, 0.3) is 0 Å². The molecule has 0 saturated carbocycles. The van der Waals surface area contributed by atoms with E-state index in [2.05, 4.69) is 0 Å². The number of carboxylic acids is 2. The molecule has 0 aromatic heterocycles. The number of carboxylic acid groups (broad SMARTS) is 2. The van der Waals surface area contributed by atoms with Gasteiger partial charge in [-0.05, 0) is 11.5 Å². The Kier molecular flexibility index (Phi) is 14.6. The molecule has 0 rings (SSSR count). The molecule has 0 amide bonds. The van der Waals surface area contributed by atoms with Gasteiger partial charge in [0.25, 0.3) is 0 Å². The van der Waals surface area contributed by atoms with Crippen LogP contribution in [-0.2, 0) is 9.59 Å². The molecule has 0 spiro atoms. The van der Waals surface area contributed by atoms with E-state index in [1.165, 1.54) is 0 Å². The molecule has 56 valence electrons. The van der Waals surface area contributed by atoms with Gasteiger partial charge < -0.3 is 20.4 Å². The Morgan fingerprint density at radius 3 is 1.08 bits per heavy atom. The maximum atomic E-state index is 9.95. The van der Waals surface area contributed by atoms with Gasteiger partial charge in [0.2, 0.25) is 0 Å². The van der Waals surface area contributed by atoms with E-state index in [0.29, 0.717) is 0 Å². The third kappa shape index (κ3) is 7.00. The maximum Gasteiger partial charge on any atom is 1.00 e. The Morgan fingerprint density at radius 2 is 1.00 bits per heavy atom. The van der Waals surface area contributed by atoms with Gasteiger partial charge in [0.15, 0.2) is 0 Å². The van der Waals surface area contributed by atoms with E-state index in [1.54, 1.807) is 0 Å². The molecule has 2 N–H and O–H groups in total. The molecule has 8 heteroatoms. The Hall–Kier alpha value is 1.55. The summed E-state index contributed by atoms with van der Waals surface area (Å²) in [5.74, 6) is -8.00. The number of rotatable bonds is 2. The predicted molar refractivity (Wildman–Crippen MR) is 22.3 cm³/mol. The molecule has 0 radical (unpaired) electrons. The minimum atomic E-state index is -2.06. The van der Waals surface area contributed by atoms with Gasteiger partial charge in [-0.3, -0.25) is 0 Å². The van der Waals surface area contributed by atoms with Crippen LogP contribution in [0.3, 0.4) is 0 Å². The van der Waals surface area contributed by atoms with Gasteiger partial charge in [0, 0.05) is 0 Å². The molecule has 6 nitrogen and oxygen atoms in total. The van der Waals surface area contributed by atoms with Crippen LogP contribution < -0.4 is 113 Å². The molecule has 0 unspecified atom stereocenters. The van der Waals surface area contributed by atoms with Crippen molar-refractivity contribution >= 4 is 11.9 Å². The van der Waals surface area contributed by atoms with Gasteiger partial charge in [-0.15, -0.1) is 0 Å². The van der Waals surface area contributed by atoms with Crippen molar-refractivity contribution < 1.29 is 133 Å². The fourth-order valence-corrected chi connectivity index (χ4v) is 0.194. The van der Waals surface area contributed by atoms with Crippen LogP contribution in [0.1, 0.15) is 0 Å². The van der Waals surface area contributed by atoms with Crippen LogP contribution in [0.15, 0.2) is 11.5 Å². The van der Waals surface area contributed by atoms with Gasteiger partial charge in [0.1, 0.15) is 0 Å². The molecule has 0 aromatic rings. The number of hydrogen-bond donors (Lipinski definition) is 2. The van der Waals surface area contributed by atoms with E-state index < -0.39 is 23.5 Å². The summed E-state index contributed by atoms with van der Waals surface area (Å²) in [6, 6.07) is 0. The van der Waals surface area contributed by atoms with Crippen LogP contribution in [-0.4, -0.2) is 22.2 Å². The molecule has 0 saturated heterocycles. The normalized spacial score (nSPS) is 10.0. The van der Waals surface area contributed by atoms with Crippen molar-refractivity contribution in [1.29, 1.82) is 0 Å². The van der Waals surface area contributed by atoms with Crippen LogP contribution in [0.5, 0.6) is 0 Å². The monoisotopic (exact) mass is 224 g/mol. The third-order valence-electron chi connectivity index (χ3n) is 0.595. The first-order valence-electron chi connectivity index (χ1n) is 2.01. The third-order valence-corrected chi connectivity index (χ3v) is 0.595. The van der Waals surface area contributed by atoms with Crippen LogP contribution in [0.4, 0.5) is 0 Å². The molecule has 0 aliphatic carbocycles. The fourth-order valence-electron chi connectivity index (χ4n) is 0.194. The second-order valence-electron chi connectivity index (χ2n) is 1.27. The van der Waals surface area contributed by atoms with E-state index in [-0.39, 0.29) is 103 Å². The van der Waals surface area contributed by atoms with Gasteiger partial charge >= 0.3 is 115 Å². The second kappa shape index (κ2) is 9.12. The Balaban J connectivity index is -0.000000405. The quantitative estimate of drug-likeness (QED) is 0.273. The first kappa shape index (κ1) is 19.2. The largest absolute Gasteiger partial charge is 1.00 e. The summed E-state index contributed by atoms with van der Waals surface area (Å²) in [6.45, 7) is 0. The average molecular weight is 224 g/mol. The Morgan fingerprint density at radius 1 is 0.833 bits per heavy atom. The van der Waals surface area contributed by atoms with Gasteiger partial charge in [-0.1, -0.05) is 0 Å². The zero-order valence-electron chi connectivity index (χ0n) is 6.53. The van der Waals surface area contributed by atoms with Crippen molar-refractivity contribution in [3.63, 3.8) is 0 Å². The smallest absolute Gasteiger partial charge is 0.868 e. The summed E-state index contributed by atoms with van der Waals surface area (Å²) in [5, 5.41) is 35.4. The summed E-state index contributed by atoms with van der Waals surface area (Å²) in [6.07, 6.45) is 0. The summed E-state index contributed by atoms with van der Waals surface area (Å²) in [5.41, 5.74) is 0. The van der Waals surface area contributed by atoms with Gasteiger partial charge in [-0.25, -0.2) is 9.59 Å². The second-order valence-corrected chi connectivity index (χ2v) is 1.27. The zero-order chi connectivity index (χ0) is 8.31. The van der Waals surface area contributed by atoms with E-state index in [4.69, 9.17) is 10.2 Å². The molecule has 12 heavy (non-hydrogen) atoms. The van der Waals surface area contributed by atoms with Gasteiger partial charge in [0.05, 0.1) is 0 Å².